The smallest absolute Gasteiger partial charge is 0.316 e. The summed E-state index contributed by atoms with van der Waals surface area (Å²) < 4.78 is 51.7. The molecule has 5 heteroatoms. The van der Waals surface area contributed by atoms with Crippen molar-refractivity contribution < 1.29 is 17.6 Å². The van der Waals surface area contributed by atoms with Crippen molar-refractivity contribution in [3.05, 3.63) is 58.9 Å². The zero-order valence-electron chi connectivity index (χ0n) is 11.7. The van der Waals surface area contributed by atoms with Gasteiger partial charge in [-0.1, -0.05) is 18.2 Å². The summed E-state index contributed by atoms with van der Waals surface area (Å²) in [5, 5.41) is 2.99. The molecule has 2 aromatic carbocycles. The molecule has 0 heterocycles. The van der Waals surface area contributed by atoms with Crippen molar-refractivity contribution in [2.24, 2.45) is 0 Å². The van der Waals surface area contributed by atoms with Gasteiger partial charge in [0.1, 0.15) is 5.82 Å². The molecule has 0 bridgehead atoms. The van der Waals surface area contributed by atoms with E-state index in [9.17, 15) is 17.6 Å². The first-order chi connectivity index (χ1) is 9.82. The first kappa shape index (κ1) is 15.5. The molecule has 0 fully saturated rings. The summed E-state index contributed by atoms with van der Waals surface area (Å²) in [5.74, 6) is -1.25. The van der Waals surface area contributed by atoms with Gasteiger partial charge >= 0.3 is 6.18 Å². The Morgan fingerprint density at radius 3 is 2.38 bits per heavy atom. The summed E-state index contributed by atoms with van der Waals surface area (Å²) in [6.45, 7) is 2.43. The van der Waals surface area contributed by atoms with E-state index in [1.165, 1.54) is 6.07 Å². The molecule has 0 unspecified atom stereocenters. The normalized spacial score (nSPS) is 11.7. The van der Waals surface area contributed by atoms with Gasteiger partial charge in [0.25, 0.3) is 0 Å². The van der Waals surface area contributed by atoms with E-state index >= 15 is 0 Å². The highest BCUT2D eigenvalue weighted by Gasteiger charge is 2.34. The van der Waals surface area contributed by atoms with E-state index < -0.39 is 17.6 Å². The third-order valence-electron chi connectivity index (χ3n) is 3.27. The van der Waals surface area contributed by atoms with Gasteiger partial charge in [0, 0.05) is 6.54 Å². The second-order valence-electron chi connectivity index (χ2n) is 4.87. The van der Waals surface area contributed by atoms with Crippen LogP contribution in [0.2, 0.25) is 0 Å². The quantitative estimate of drug-likeness (QED) is 0.820. The van der Waals surface area contributed by atoms with Crippen LogP contribution in [0.5, 0.6) is 0 Å². The van der Waals surface area contributed by atoms with Crippen LogP contribution >= 0.6 is 0 Å². The second kappa shape index (κ2) is 5.85. The van der Waals surface area contributed by atoms with Crippen LogP contribution in [0.25, 0.3) is 11.1 Å². The number of alkyl halides is 3. The Balaban J connectivity index is 2.54. The largest absolute Gasteiger partial charge is 0.419 e. The molecule has 0 saturated heterocycles. The minimum atomic E-state index is -4.70. The lowest BCUT2D eigenvalue weighted by atomic mass is 9.96. The van der Waals surface area contributed by atoms with Crippen molar-refractivity contribution in [2.45, 2.75) is 19.6 Å². The van der Waals surface area contributed by atoms with Crippen molar-refractivity contribution in [1.82, 2.24) is 5.32 Å². The van der Waals surface area contributed by atoms with Crippen molar-refractivity contribution in [3.63, 3.8) is 0 Å². The lowest BCUT2D eigenvalue weighted by Gasteiger charge is -2.13. The standard InChI is InChI=1S/C16H15F4N/c1-10-3-4-11(9-21-2)7-13(10)12-5-6-15(17)14(8-12)16(18,19)20/h3-8,21H,9H2,1-2H3. The molecule has 0 aliphatic rings. The van der Waals surface area contributed by atoms with Gasteiger partial charge < -0.3 is 5.32 Å². The third-order valence-corrected chi connectivity index (χ3v) is 3.27. The summed E-state index contributed by atoms with van der Waals surface area (Å²) in [5.41, 5.74) is 1.59. The predicted octanol–water partition coefficient (Wildman–Crippen LogP) is 4.54. The van der Waals surface area contributed by atoms with E-state index in [4.69, 9.17) is 0 Å². The average molecular weight is 297 g/mol. The maximum Gasteiger partial charge on any atom is 0.419 e. The van der Waals surface area contributed by atoms with Crippen LogP contribution in [-0.4, -0.2) is 7.05 Å². The van der Waals surface area contributed by atoms with Gasteiger partial charge in [0.15, 0.2) is 0 Å². The zero-order chi connectivity index (χ0) is 15.6. The molecule has 0 aliphatic carbocycles. The Kier molecular flexibility index (Phi) is 4.32. The van der Waals surface area contributed by atoms with E-state index in [2.05, 4.69) is 5.32 Å². The topological polar surface area (TPSA) is 12.0 Å². The van der Waals surface area contributed by atoms with Crippen LogP contribution in [0.1, 0.15) is 16.7 Å². The minimum absolute atomic E-state index is 0.360. The molecular weight excluding hydrogens is 282 g/mol. The molecule has 0 aliphatic heterocycles. The molecule has 0 radical (unpaired) electrons. The Labute approximate surface area is 120 Å². The minimum Gasteiger partial charge on any atom is -0.316 e. The Morgan fingerprint density at radius 2 is 1.76 bits per heavy atom. The van der Waals surface area contributed by atoms with Gasteiger partial charge in [0.05, 0.1) is 5.56 Å². The Bertz CT molecular complexity index is 647. The van der Waals surface area contributed by atoms with Gasteiger partial charge in [-0.05, 0) is 54.4 Å². The lowest BCUT2D eigenvalue weighted by Crippen LogP contribution is -2.08. The van der Waals surface area contributed by atoms with Crippen LogP contribution in [-0.2, 0) is 12.7 Å². The molecule has 2 aromatic rings. The monoisotopic (exact) mass is 297 g/mol. The number of hydrogen-bond acceptors (Lipinski definition) is 1. The maximum atomic E-state index is 13.4. The van der Waals surface area contributed by atoms with E-state index in [1.54, 1.807) is 7.05 Å². The molecule has 1 nitrogen and oxygen atoms in total. The summed E-state index contributed by atoms with van der Waals surface area (Å²) in [6.07, 6.45) is -4.70. The first-order valence-corrected chi connectivity index (χ1v) is 6.44. The number of halogens is 4. The SMILES string of the molecule is CNCc1ccc(C)c(-c2ccc(F)c(C(F)(F)F)c2)c1. The zero-order valence-corrected chi connectivity index (χ0v) is 11.7. The number of benzene rings is 2. The van der Waals surface area contributed by atoms with Gasteiger partial charge in [-0.25, -0.2) is 4.39 Å². The van der Waals surface area contributed by atoms with Crippen molar-refractivity contribution in [2.75, 3.05) is 7.05 Å². The van der Waals surface area contributed by atoms with Crippen LogP contribution < -0.4 is 5.32 Å². The molecule has 0 spiro atoms. The van der Waals surface area contributed by atoms with Gasteiger partial charge in [0.2, 0.25) is 0 Å². The van der Waals surface area contributed by atoms with Crippen LogP contribution in [0.3, 0.4) is 0 Å². The van der Waals surface area contributed by atoms with Gasteiger partial charge in [-0.2, -0.15) is 13.2 Å². The summed E-state index contributed by atoms with van der Waals surface area (Å²) in [4.78, 5) is 0. The molecule has 0 atom stereocenters. The fourth-order valence-electron chi connectivity index (χ4n) is 2.20. The maximum absolute atomic E-state index is 13.4. The first-order valence-electron chi connectivity index (χ1n) is 6.44. The van der Waals surface area contributed by atoms with Crippen LogP contribution in [0.4, 0.5) is 17.6 Å². The van der Waals surface area contributed by atoms with Crippen LogP contribution in [0.15, 0.2) is 36.4 Å². The Hall–Kier alpha value is -1.88. The fraction of sp³-hybridized carbons (Fsp3) is 0.250. The Morgan fingerprint density at radius 1 is 1.05 bits per heavy atom. The van der Waals surface area contributed by atoms with Gasteiger partial charge in [-0.3, -0.25) is 0 Å². The van der Waals surface area contributed by atoms with E-state index in [0.29, 0.717) is 17.7 Å². The molecule has 112 valence electrons. The molecule has 2 rings (SSSR count). The summed E-state index contributed by atoms with van der Waals surface area (Å²) >= 11 is 0. The number of hydrogen-bond donors (Lipinski definition) is 1. The molecule has 21 heavy (non-hydrogen) atoms. The van der Waals surface area contributed by atoms with E-state index in [1.807, 2.05) is 25.1 Å². The van der Waals surface area contributed by atoms with Crippen molar-refractivity contribution in [1.29, 1.82) is 0 Å². The van der Waals surface area contributed by atoms with Gasteiger partial charge in [-0.15, -0.1) is 0 Å². The second-order valence-corrected chi connectivity index (χ2v) is 4.87. The van der Waals surface area contributed by atoms with Crippen LogP contribution in [0, 0.1) is 12.7 Å². The number of rotatable bonds is 3. The molecule has 0 aromatic heterocycles. The molecular formula is C16H15F4N. The van der Waals surface area contributed by atoms with Crippen molar-refractivity contribution >= 4 is 0 Å². The van der Waals surface area contributed by atoms with Crippen molar-refractivity contribution in [3.8, 4) is 11.1 Å². The highest BCUT2D eigenvalue weighted by molar-refractivity contribution is 5.68. The average Bonchev–Trinajstić information content (AvgIpc) is 2.41. The molecule has 1 N–H and O–H groups in total. The summed E-state index contributed by atoms with van der Waals surface area (Å²) in [6, 6.07) is 8.67. The lowest BCUT2D eigenvalue weighted by molar-refractivity contribution is -0.139. The highest BCUT2D eigenvalue weighted by Crippen LogP contribution is 2.35. The molecule has 0 saturated carbocycles. The molecule has 0 amide bonds. The third kappa shape index (κ3) is 3.42. The highest BCUT2D eigenvalue weighted by atomic mass is 19.4. The number of aryl methyl sites for hydroxylation is 1. The fourth-order valence-corrected chi connectivity index (χ4v) is 2.20. The summed E-state index contributed by atoms with van der Waals surface area (Å²) in [7, 11) is 1.79. The number of nitrogens with one attached hydrogen (secondary N) is 1. The predicted molar refractivity (Wildman–Crippen MR) is 74.3 cm³/mol. The van der Waals surface area contributed by atoms with E-state index in [0.717, 1.165) is 23.3 Å². The van der Waals surface area contributed by atoms with E-state index in [-0.39, 0.29) is 0 Å².